The number of fused-ring (bicyclic) bond motifs is 1. The van der Waals surface area contributed by atoms with Crippen LogP contribution in [0.5, 0.6) is 0 Å². The number of rotatable bonds is 5. The van der Waals surface area contributed by atoms with Gasteiger partial charge in [-0.25, -0.2) is 4.39 Å². The number of hydrogen-bond acceptors (Lipinski definition) is 5. The molecule has 1 aromatic carbocycles. The normalized spacial score (nSPS) is 12.4. The van der Waals surface area contributed by atoms with Crippen LogP contribution in [0.1, 0.15) is 13.3 Å². The molecule has 1 N–H and O–H groups in total. The predicted octanol–water partition coefficient (Wildman–Crippen LogP) is 2.89. The number of nitrogens with zero attached hydrogens (tertiary/aromatic N) is 4. The van der Waals surface area contributed by atoms with E-state index in [0.717, 1.165) is 11.8 Å². The minimum Gasteiger partial charge on any atom is -0.480 e. The first-order chi connectivity index (χ1) is 11.1. The Balaban J connectivity index is 2.04. The van der Waals surface area contributed by atoms with Crippen LogP contribution in [0.2, 0.25) is 0 Å². The summed E-state index contributed by atoms with van der Waals surface area (Å²) in [5.74, 6) is -1.03. The maximum atomic E-state index is 14.0. The second kappa shape index (κ2) is 6.33. The van der Waals surface area contributed by atoms with Crippen molar-refractivity contribution in [3.8, 4) is 11.4 Å². The summed E-state index contributed by atoms with van der Waals surface area (Å²) in [4.78, 5) is 11.2. The zero-order valence-corrected chi connectivity index (χ0v) is 13.0. The van der Waals surface area contributed by atoms with E-state index in [1.807, 2.05) is 0 Å². The first-order valence-corrected chi connectivity index (χ1v) is 7.85. The molecule has 1 unspecified atom stereocenters. The van der Waals surface area contributed by atoms with Crippen LogP contribution in [-0.2, 0) is 4.79 Å². The van der Waals surface area contributed by atoms with E-state index in [-0.39, 0.29) is 5.82 Å². The lowest BCUT2D eigenvalue weighted by Crippen LogP contribution is -2.15. The van der Waals surface area contributed by atoms with Crippen molar-refractivity contribution in [2.75, 3.05) is 0 Å². The largest absolute Gasteiger partial charge is 0.480 e. The molecule has 1 atom stereocenters. The molecular formula is C15H13FN4O2S. The standard InChI is InChI=1S/C15H13FN4O2S/c1-2-11(15(21)22)23-13-8-7-12-17-18-14(20(12)19-13)9-5-3-4-6-10(9)16/h3-8,11H,2H2,1H3,(H,21,22). The lowest BCUT2D eigenvalue weighted by atomic mass is 10.2. The topological polar surface area (TPSA) is 80.4 Å². The molecule has 2 aromatic heterocycles. The van der Waals surface area contributed by atoms with Crippen molar-refractivity contribution < 1.29 is 14.3 Å². The van der Waals surface area contributed by atoms with Crippen molar-refractivity contribution in [1.29, 1.82) is 0 Å². The fourth-order valence-corrected chi connectivity index (χ4v) is 2.93. The number of hydrogen-bond donors (Lipinski definition) is 1. The number of carbonyl (C=O) groups is 1. The van der Waals surface area contributed by atoms with Crippen LogP contribution in [-0.4, -0.2) is 36.1 Å². The highest BCUT2D eigenvalue weighted by molar-refractivity contribution is 8.00. The number of carboxylic acid groups (broad SMARTS) is 1. The molecule has 3 aromatic rings. The minimum absolute atomic E-state index is 0.281. The zero-order valence-electron chi connectivity index (χ0n) is 12.2. The lowest BCUT2D eigenvalue weighted by Gasteiger charge is -2.08. The van der Waals surface area contributed by atoms with E-state index < -0.39 is 17.0 Å². The van der Waals surface area contributed by atoms with Crippen LogP contribution in [0.4, 0.5) is 4.39 Å². The summed E-state index contributed by atoms with van der Waals surface area (Å²) in [6.07, 6.45) is 0.474. The van der Waals surface area contributed by atoms with Crippen LogP contribution in [0.25, 0.3) is 17.0 Å². The Morgan fingerprint density at radius 2 is 2.09 bits per heavy atom. The molecule has 0 aliphatic rings. The van der Waals surface area contributed by atoms with E-state index in [9.17, 15) is 9.18 Å². The van der Waals surface area contributed by atoms with Gasteiger partial charge in [-0.05, 0) is 30.7 Å². The van der Waals surface area contributed by atoms with Crippen LogP contribution in [0, 0.1) is 5.82 Å². The molecule has 0 spiro atoms. The molecule has 0 aliphatic carbocycles. The summed E-state index contributed by atoms with van der Waals surface area (Å²) >= 11 is 1.14. The molecule has 0 fully saturated rings. The summed E-state index contributed by atoms with van der Waals surface area (Å²) in [5, 5.41) is 21.4. The van der Waals surface area contributed by atoms with Crippen molar-refractivity contribution >= 4 is 23.4 Å². The van der Waals surface area contributed by atoms with E-state index in [1.54, 1.807) is 37.3 Å². The van der Waals surface area contributed by atoms with Crippen LogP contribution < -0.4 is 0 Å². The second-order valence-electron chi connectivity index (χ2n) is 4.80. The maximum Gasteiger partial charge on any atom is 0.317 e. The number of halogens is 1. The summed E-state index contributed by atoms with van der Waals surface area (Å²) in [6, 6.07) is 9.60. The summed E-state index contributed by atoms with van der Waals surface area (Å²) in [6.45, 7) is 1.80. The van der Waals surface area contributed by atoms with Gasteiger partial charge < -0.3 is 5.11 Å². The summed E-state index contributed by atoms with van der Waals surface area (Å²) in [5.41, 5.74) is 0.760. The molecule has 8 heteroatoms. The average Bonchev–Trinajstić information content (AvgIpc) is 2.95. The monoisotopic (exact) mass is 332 g/mol. The fraction of sp³-hybridized carbons (Fsp3) is 0.200. The number of aromatic nitrogens is 4. The van der Waals surface area contributed by atoms with Gasteiger partial charge in [-0.1, -0.05) is 30.8 Å². The molecule has 0 radical (unpaired) electrons. The molecule has 23 heavy (non-hydrogen) atoms. The Kier molecular flexibility index (Phi) is 4.24. The molecule has 0 bridgehead atoms. The average molecular weight is 332 g/mol. The quantitative estimate of drug-likeness (QED) is 0.724. The highest BCUT2D eigenvalue weighted by atomic mass is 32.2. The molecular weight excluding hydrogens is 319 g/mol. The lowest BCUT2D eigenvalue weighted by molar-refractivity contribution is -0.136. The van der Waals surface area contributed by atoms with Gasteiger partial charge in [0.05, 0.1) is 5.56 Å². The van der Waals surface area contributed by atoms with Crippen molar-refractivity contribution in [2.45, 2.75) is 23.6 Å². The Hall–Kier alpha value is -2.48. The number of thioether (sulfide) groups is 1. The predicted molar refractivity (Wildman–Crippen MR) is 83.7 cm³/mol. The molecule has 0 aliphatic heterocycles. The van der Waals surface area contributed by atoms with Gasteiger partial charge in [0, 0.05) is 0 Å². The van der Waals surface area contributed by atoms with Gasteiger partial charge in [0.2, 0.25) is 0 Å². The summed E-state index contributed by atoms with van der Waals surface area (Å²) in [7, 11) is 0. The van der Waals surface area contributed by atoms with Gasteiger partial charge in [-0.15, -0.1) is 10.2 Å². The van der Waals surface area contributed by atoms with Crippen molar-refractivity contribution in [3.05, 3.63) is 42.2 Å². The highest BCUT2D eigenvalue weighted by Crippen LogP contribution is 2.26. The van der Waals surface area contributed by atoms with Crippen molar-refractivity contribution in [3.63, 3.8) is 0 Å². The highest BCUT2D eigenvalue weighted by Gasteiger charge is 2.19. The Labute approximate surface area is 135 Å². The molecule has 118 valence electrons. The van der Waals surface area contributed by atoms with Gasteiger partial charge in [-0.2, -0.15) is 9.61 Å². The third-order valence-corrected chi connectivity index (χ3v) is 4.54. The van der Waals surface area contributed by atoms with Crippen LogP contribution in [0.15, 0.2) is 41.4 Å². The van der Waals surface area contributed by atoms with E-state index in [4.69, 9.17) is 5.11 Å². The minimum atomic E-state index is -0.891. The van der Waals surface area contributed by atoms with Crippen molar-refractivity contribution in [2.24, 2.45) is 0 Å². The Morgan fingerprint density at radius 1 is 1.30 bits per heavy atom. The first-order valence-electron chi connectivity index (χ1n) is 6.97. The van der Waals surface area contributed by atoms with Crippen LogP contribution >= 0.6 is 11.8 Å². The molecule has 0 amide bonds. The number of aliphatic carboxylic acids is 1. The van der Waals surface area contributed by atoms with E-state index in [0.29, 0.717) is 22.7 Å². The molecule has 2 heterocycles. The second-order valence-corrected chi connectivity index (χ2v) is 6.02. The fourth-order valence-electron chi connectivity index (χ4n) is 2.10. The Bertz CT molecular complexity index is 868. The van der Waals surface area contributed by atoms with E-state index in [2.05, 4.69) is 15.3 Å². The van der Waals surface area contributed by atoms with E-state index >= 15 is 0 Å². The smallest absolute Gasteiger partial charge is 0.317 e. The SMILES string of the molecule is CCC(Sc1ccc2nnc(-c3ccccc3F)n2n1)C(=O)O. The zero-order chi connectivity index (χ0) is 16.4. The third kappa shape index (κ3) is 3.02. The maximum absolute atomic E-state index is 14.0. The number of carboxylic acids is 1. The first kappa shape index (κ1) is 15.4. The van der Waals surface area contributed by atoms with Crippen molar-refractivity contribution in [1.82, 2.24) is 19.8 Å². The molecule has 0 saturated heterocycles. The molecule has 0 saturated carbocycles. The van der Waals surface area contributed by atoms with E-state index in [1.165, 1.54) is 10.6 Å². The Morgan fingerprint density at radius 3 is 2.78 bits per heavy atom. The van der Waals surface area contributed by atoms with Crippen LogP contribution in [0.3, 0.4) is 0 Å². The molecule has 6 nitrogen and oxygen atoms in total. The van der Waals surface area contributed by atoms with Gasteiger partial charge >= 0.3 is 5.97 Å². The van der Waals surface area contributed by atoms with Gasteiger partial charge in [-0.3, -0.25) is 4.79 Å². The third-order valence-electron chi connectivity index (χ3n) is 3.26. The van der Waals surface area contributed by atoms with Gasteiger partial charge in [0.25, 0.3) is 0 Å². The number of benzene rings is 1. The van der Waals surface area contributed by atoms with Gasteiger partial charge in [0.15, 0.2) is 11.5 Å². The summed E-state index contributed by atoms with van der Waals surface area (Å²) < 4.78 is 15.4. The molecule has 3 rings (SSSR count). The van der Waals surface area contributed by atoms with Gasteiger partial charge in [0.1, 0.15) is 16.1 Å².